The number of hydrogen-bond acceptors (Lipinski definition) is 3. The van der Waals surface area contributed by atoms with Crippen LogP contribution in [0.3, 0.4) is 0 Å². The van der Waals surface area contributed by atoms with Crippen LogP contribution >= 0.6 is 0 Å². The largest absolute Gasteiger partial charge is 0.333 e. The van der Waals surface area contributed by atoms with Crippen LogP contribution in [0, 0.1) is 0 Å². The van der Waals surface area contributed by atoms with Crippen molar-refractivity contribution in [2.24, 2.45) is 0 Å². The summed E-state index contributed by atoms with van der Waals surface area (Å²) in [7, 11) is -4.15. The predicted molar refractivity (Wildman–Crippen MR) is 133 cm³/mol. The number of benzene rings is 3. The van der Waals surface area contributed by atoms with Crippen LogP contribution in [0.4, 0.5) is 10.5 Å². The molecule has 0 aromatic heterocycles. The third kappa shape index (κ3) is 4.65. The highest BCUT2D eigenvalue weighted by Crippen LogP contribution is 2.43. The molecule has 3 aromatic rings. The van der Waals surface area contributed by atoms with E-state index in [1.807, 2.05) is 94.4 Å². The van der Waals surface area contributed by atoms with E-state index in [1.54, 1.807) is 0 Å². The summed E-state index contributed by atoms with van der Waals surface area (Å²) >= 11 is 0. The highest BCUT2D eigenvalue weighted by Gasteiger charge is 2.32. The molecule has 0 bridgehead atoms. The van der Waals surface area contributed by atoms with E-state index >= 15 is 0 Å². The first kappa shape index (κ1) is 23.0. The monoisotopic (exact) mass is 463 g/mol. The zero-order chi connectivity index (χ0) is 23.8. The molecule has 7 heteroatoms. The third-order valence-corrected chi connectivity index (χ3v) is 6.95. The highest BCUT2D eigenvalue weighted by atomic mass is 32.2. The minimum atomic E-state index is -4.15. The quantitative estimate of drug-likeness (QED) is 0.441. The topological polar surface area (TPSA) is 87.3 Å². The van der Waals surface area contributed by atoms with Gasteiger partial charge in [-0.05, 0) is 45.2 Å². The molecule has 0 saturated heterocycles. The molecule has 3 N–H and O–H groups in total. The summed E-state index contributed by atoms with van der Waals surface area (Å²) < 4.78 is 30.7. The van der Waals surface area contributed by atoms with Crippen molar-refractivity contribution in [3.8, 4) is 11.1 Å². The molecule has 2 amide bonds. The molecule has 33 heavy (non-hydrogen) atoms. The number of para-hydroxylation sites is 1. The van der Waals surface area contributed by atoms with E-state index in [1.165, 1.54) is 0 Å². The smallest absolute Gasteiger partial charge is 0.307 e. The Morgan fingerprint density at radius 2 is 1.24 bits per heavy atom. The van der Waals surface area contributed by atoms with Gasteiger partial charge >= 0.3 is 16.2 Å². The molecular formula is C26H29N3O3S. The molecule has 172 valence electrons. The molecule has 0 radical (unpaired) electrons. The van der Waals surface area contributed by atoms with E-state index in [0.29, 0.717) is 5.69 Å². The van der Waals surface area contributed by atoms with Gasteiger partial charge in [0.15, 0.2) is 0 Å². The molecule has 3 aromatic carbocycles. The van der Waals surface area contributed by atoms with Gasteiger partial charge in [0.25, 0.3) is 0 Å². The van der Waals surface area contributed by atoms with Crippen molar-refractivity contribution < 1.29 is 13.2 Å². The van der Waals surface area contributed by atoms with Crippen molar-refractivity contribution >= 4 is 21.9 Å². The van der Waals surface area contributed by atoms with Gasteiger partial charge in [-0.2, -0.15) is 13.1 Å². The third-order valence-electron chi connectivity index (χ3n) is 5.95. The molecule has 0 aliphatic heterocycles. The van der Waals surface area contributed by atoms with Crippen molar-refractivity contribution in [1.82, 2.24) is 9.44 Å². The average Bonchev–Trinajstić information content (AvgIpc) is 3.06. The number of anilines is 1. The normalized spacial score (nSPS) is 13.2. The Labute approximate surface area is 195 Å². The Kier molecular flexibility index (Phi) is 6.28. The maximum absolute atomic E-state index is 13.0. The summed E-state index contributed by atoms with van der Waals surface area (Å²) in [5, 5.41) is 2.79. The maximum atomic E-state index is 13.0. The molecule has 0 spiro atoms. The fraction of sp³-hybridized carbons (Fsp3) is 0.269. The Morgan fingerprint density at radius 1 is 0.758 bits per heavy atom. The van der Waals surface area contributed by atoms with Crippen molar-refractivity contribution in [3.05, 3.63) is 89.0 Å². The zero-order valence-electron chi connectivity index (χ0n) is 19.2. The summed E-state index contributed by atoms with van der Waals surface area (Å²) in [6.45, 7) is 8.15. The van der Waals surface area contributed by atoms with Crippen molar-refractivity contribution in [1.29, 1.82) is 0 Å². The lowest BCUT2D eigenvalue weighted by Crippen LogP contribution is -2.43. The minimum absolute atomic E-state index is 0.167. The standard InChI is InChI=1S/C26H29N3O3S/c1-16(2)18-14-9-15-19(17(3)4)24(18)27-26(30)29-33(31,32)28-25-22-12-7-5-10-20(22)21-11-6-8-13-23(21)25/h5-17,25,28H,1-4H3,(H2,27,29,30). The molecule has 6 nitrogen and oxygen atoms in total. The van der Waals surface area contributed by atoms with E-state index in [2.05, 4.69) is 14.8 Å². The van der Waals surface area contributed by atoms with Gasteiger partial charge in [-0.1, -0.05) is 94.4 Å². The summed E-state index contributed by atoms with van der Waals surface area (Å²) in [4.78, 5) is 12.8. The Bertz CT molecular complexity index is 1230. The molecular weight excluding hydrogens is 434 g/mol. The predicted octanol–water partition coefficient (Wildman–Crippen LogP) is 5.66. The number of amides is 2. The molecule has 0 unspecified atom stereocenters. The van der Waals surface area contributed by atoms with Crippen LogP contribution in [-0.4, -0.2) is 14.4 Å². The number of hydrogen-bond donors (Lipinski definition) is 3. The van der Waals surface area contributed by atoms with Crippen LogP contribution in [0.5, 0.6) is 0 Å². The van der Waals surface area contributed by atoms with Crippen LogP contribution in [-0.2, 0) is 10.2 Å². The van der Waals surface area contributed by atoms with Crippen LogP contribution in [0.15, 0.2) is 66.7 Å². The fourth-order valence-electron chi connectivity index (χ4n) is 4.42. The van der Waals surface area contributed by atoms with Gasteiger partial charge in [-0.25, -0.2) is 9.52 Å². The number of carbonyl (C=O) groups is 1. The molecule has 0 heterocycles. The lowest BCUT2D eigenvalue weighted by atomic mass is 9.93. The molecule has 0 fully saturated rings. The van der Waals surface area contributed by atoms with Crippen LogP contribution in [0.1, 0.15) is 67.8 Å². The minimum Gasteiger partial charge on any atom is -0.307 e. The van der Waals surface area contributed by atoms with E-state index in [-0.39, 0.29) is 11.8 Å². The Hall–Kier alpha value is -3.16. The molecule has 4 rings (SSSR count). The number of nitrogens with one attached hydrogen (secondary N) is 3. The van der Waals surface area contributed by atoms with Gasteiger partial charge in [-0.15, -0.1) is 0 Å². The van der Waals surface area contributed by atoms with Crippen LogP contribution in [0.2, 0.25) is 0 Å². The van der Waals surface area contributed by atoms with Gasteiger partial charge < -0.3 is 5.32 Å². The van der Waals surface area contributed by atoms with Gasteiger partial charge in [0.05, 0.1) is 6.04 Å². The molecule has 1 aliphatic carbocycles. The van der Waals surface area contributed by atoms with Gasteiger partial charge in [0.2, 0.25) is 0 Å². The first-order chi connectivity index (χ1) is 15.7. The number of fused-ring (bicyclic) bond motifs is 3. The SMILES string of the molecule is CC(C)c1cccc(C(C)C)c1NC(=O)NS(=O)(=O)NC1c2ccccc2-c2ccccc21. The zero-order valence-corrected chi connectivity index (χ0v) is 20.0. The second-order valence-electron chi connectivity index (χ2n) is 8.91. The second-order valence-corrected chi connectivity index (χ2v) is 10.4. The lowest BCUT2D eigenvalue weighted by Gasteiger charge is -2.21. The lowest BCUT2D eigenvalue weighted by molar-refractivity contribution is 0.256. The first-order valence-electron chi connectivity index (χ1n) is 11.1. The molecule has 0 atom stereocenters. The maximum Gasteiger partial charge on any atom is 0.333 e. The van der Waals surface area contributed by atoms with Gasteiger partial charge in [0, 0.05) is 5.69 Å². The van der Waals surface area contributed by atoms with Crippen LogP contribution < -0.4 is 14.8 Å². The highest BCUT2D eigenvalue weighted by molar-refractivity contribution is 7.88. The van der Waals surface area contributed by atoms with E-state index in [9.17, 15) is 13.2 Å². The van der Waals surface area contributed by atoms with Crippen LogP contribution in [0.25, 0.3) is 11.1 Å². The molecule has 1 aliphatic rings. The molecule has 0 saturated carbocycles. The average molecular weight is 464 g/mol. The fourth-order valence-corrected chi connectivity index (χ4v) is 5.34. The van der Waals surface area contributed by atoms with Gasteiger partial charge in [-0.3, -0.25) is 0 Å². The van der Waals surface area contributed by atoms with E-state index < -0.39 is 22.3 Å². The Morgan fingerprint density at radius 3 is 1.73 bits per heavy atom. The summed E-state index contributed by atoms with van der Waals surface area (Å²) in [6.07, 6.45) is 0. The van der Waals surface area contributed by atoms with Crippen molar-refractivity contribution in [3.63, 3.8) is 0 Å². The van der Waals surface area contributed by atoms with Gasteiger partial charge in [0.1, 0.15) is 0 Å². The first-order valence-corrected chi connectivity index (χ1v) is 12.6. The number of carbonyl (C=O) groups excluding carboxylic acids is 1. The second kappa shape index (κ2) is 9.00. The van der Waals surface area contributed by atoms with E-state index in [4.69, 9.17) is 0 Å². The Balaban J connectivity index is 1.57. The van der Waals surface area contributed by atoms with Crippen molar-refractivity contribution in [2.75, 3.05) is 5.32 Å². The summed E-state index contributed by atoms with van der Waals surface area (Å²) in [5.41, 5.74) is 6.26. The van der Waals surface area contributed by atoms with E-state index in [0.717, 1.165) is 33.4 Å². The summed E-state index contributed by atoms with van der Waals surface area (Å²) in [5.74, 6) is 0.334. The van der Waals surface area contributed by atoms with Crippen molar-refractivity contribution in [2.45, 2.75) is 45.6 Å². The summed E-state index contributed by atoms with van der Waals surface area (Å²) in [6, 6.07) is 19.8. The number of urea groups is 1. The number of rotatable bonds is 6.